The lowest BCUT2D eigenvalue weighted by Gasteiger charge is -2.10. The van der Waals surface area contributed by atoms with Crippen LogP contribution in [0.2, 0.25) is 0 Å². The third-order valence-electron chi connectivity index (χ3n) is 2.84. The van der Waals surface area contributed by atoms with Crippen molar-refractivity contribution >= 4 is 16.5 Å². The second-order valence-corrected chi connectivity index (χ2v) is 4.13. The van der Waals surface area contributed by atoms with Crippen LogP contribution in [0, 0.1) is 5.82 Å². The van der Waals surface area contributed by atoms with Crippen LogP contribution in [0.5, 0.6) is 11.5 Å². The van der Waals surface area contributed by atoms with E-state index in [-0.39, 0.29) is 5.82 Å². The predicted octanol–water partition coefficient (Wildman–Crippen LogP) is 3.75. The molecule has 0 aliphatic carbocycles. The van der Waals surface area contributed by atoms with Crippen LogP contribution in [-0.2, 0) is 0 Å². The van der Waals surface area contributed by atoms with Crippen LogP contribution in [0.15, 0.2) is 54.9 Å². The van der Waals surface area contributed by atoms with Crippen molar-refractivity contribution in [2.24, 2.45) is 0 Å². The highest BCUT2D eigenvalue weighted by Crippen LogP contribution is 2.32. The summed E-state index contributed by atoms with van der Waals surface area (Å²) < 4.78 is 18.8. The summed E-state index contributed by atoms with van der Waals surface area (Å²) in [6.07, 6.45) is 3.35. The molecule has 3 aromatic rings. The third kappa shape index (κ3) is 2.20. The molecule has 0 saturated carbocycles. The van der Waals surface area contributed by atoms with Gasteiger partial charge in [0.1, 0.15) is 17.3 Å². The number of fused-ring (bicyclic) bond motifs is 1. The molecule has 2 N–H and O–H groups in total. The lowest BCUT2D eigenvalue weighted by molar-refractivity contribution is 0.482. The van der Waals surface area contributed by atoms with Crippen LogP contribution in [0.1, 0.15) is 0 Å². The van der Waals surface area contributed by atoms with E-state index >= 15 is 0 Å². The van der Waals surface area contributed by atoms with Crippen molar-refractivity contribution < 1.29 is 9.13 Å². The molecular formula is C15H11FN2O. The summed E-state index contributed by atoms with van der Waals surface area (Å²) in [4.78, 5) is 4.06. The van der Waals surface area contributed by atoms with Crippen molar-refractivity contribution in [2.75, 3.05) is 5.73 Å². The van der Waals surface area contributed by atoms with Gasteiger partial charge in [0.05, 0.1) is 0 Å². The molecular weight excluding hydrogens is 243 g/mol. The van der Waals surface area contributed by atoms with Crippen molar-refractivity contribution in [1.82, 2.24) is 4.98 Å². The predicted molar refractivity (Wildman–Crippen MR) is 72.6 cm³/mol. The molecule has 0 radical (unpaired) electrons. The number of aromatic nitrogens is 1. The fourth-order valence-electron chi connectivity index (χ4n) is 1.93. The lowest BCUT2D eigenvalue weighted by Crippen LogP contribution is -1.91. The molecule has 4 heteroatoms. The summed E-state index contributed by atoms with van der Waals surface area (Å²) in [5, 5.41) is 1.66. The fraction of sp³-hybridized carbons (Fsp3) is 0. The Labute approximate surface area is 109 Å². The van der Waals surface area contributed by atoms with Crippen LogP contribution in [0.4, 0.5) is 10.1 Å². The van der Waals surface area contributed by atoms with Gasteiger partial charge in [-0.2, -0.15) is 0 Å². The van der Waals surface area contributed by atoms with Gasteiger partial charge in [0, 0.05) is 34.9 Å². The number of nitrogens with two attached hydrogens (primary N) is 1. The molecule has 19 heavy (non-hydrogen) atoms. The van der Waals surface area contributed by atoms with Crippen molar-refractivity contribution in [3.05, 3.63) is 60.7 Å². The Morgan fingerprint density at radius 3 is 2.79 bits per heavy atom. The third-order valence-corrected chi connectivity index (χ3v) is 2.84. The first kappa shape index (κ1) is 11.5. The summed E-state index contributed by atoms with van der Waals surface area (Å²) in [5.74, 6) is 0.702. The van der Waals surface area contributed by atoms with Gasteiger partial charge in [0.2, 0.25) is 0 Å². The highest BCUT2D eigenvalue weighted by molar-refractivity contribution is 5.96. The summed E-state index contributed by atoms with van der Waals surface area (Å²) in [6, 6.07) is 11.3. The number of halogens is 1. The van der Waals surface area contributed by atoms with Crippen LogP contribution in [0.3, 0.4) is 0 Å². The number of nitrogen functional groups attached to an aromatic ring is 1. The number of hydrogen-bond donors (Lipinski definition) is 1. The van der Waals surface area contributed by atoms with Crippen LogP contribution >= 0.6 is 0 Å². The van der Waals surface area contributed by atoms with E-state index in [1.165, 1.54) is 12.1 Å². The molecule has 1 heterocycles. The summed E-state index contributed by atoms with van der Waals surface area (Å²) in [7, 11) is 0. The zero-order valence-corrected chi connectivity index (χ0v) is 10.0. The van der Waals surface area contributed by atoms with Gasteiger partial charge in [-0.3, -0.25) is 4.98 Å². The van der Waals surface area contributed by atoms with Crippen LogP contribution in [0.25, 0.3) is 10.8 Å². The molecule has 0 fully saturated rings. The van der Waals surface area contributed by atoms with Gasteiger partial charge in [0.15, 0.2) is 0 Å². The maximum absolute atomic E-state index is 13.1. The molecule has 94 valence electrons. The maximum atomic E-state index is 13.1. The number of pyridine rings is 1. The molecule has 2 aromatic carbocycles. The number of ether oxygens (including phenoxy) is 1. The zero-order valence-electron chi connectivity index (χ0n) is 10.0. The Morgan fingerprint density at radius 1 is 1.05 bits per heavy atom. The molecule has 3 rings (SSSR count). The highest BCUT2D eigenvalue weighted by Gasteiger charge is 2.06. The molecule has 3 nitrogen and oxygen atoms in total. The van der Waals surface area contributed by atoms with Gasteiger partial charge in [0.25, 0.3) is 0 Å². The molecule has 0 amide bonds. The minimum Gasteiger partial charge on any atom is -0.457 e. The van der Waals surface area contributed by atoms with E-state index in [1.54, 1.807) is 36.7 Å². The topological polar surface area (TPSA) is 48.1 Å². The number of anilines is 1. The minimum absolute atomic E-state index is 0.338. The Balaban J connectivity index is 2.09. The van der Waals surface area contributed by atoms with E-state index in [2.05, 4.69) is 4.98 Å². The van der Waals surface area contributed by atoms with Crippen molar-refractivity contribution in [3.8, 4) is 11.5 Å². The lowest BCUT2D eigenvalue weighted by atomic mass is 10.1. The smallest absolute Gasteiger partial charge is 0.136 e. The quantitative estimate of drug-likeness (QED) is 0.708. The Hall–Kier alpha value is -2.62. The number of nitrogens with zero attached hydrogens (tertiary/aromatic N) is 1. The minimum atomic E-state index is -0.338. The molecule has 1 aromatic heterocycles. The summed E-state index contributed by atoms with van der Waals surface area (Å²) in [6.45, 7) is 0. The maximum Gasteiger partial charge on any atom is 0.136 e. The number of hydrogen-bond acceptors (Lipinski definition) is 3. The van der Waals surface area contributed by atoms with Crippen molar-refractivity contribution in [2.45, 2.75) is 0 Å². The average Bonchev–Trinajstić information content (AvgIpc) is 2.42. The van der Waals surface area contributed by atoms with Gasteiger partial charge in [-0.25, -0.2) is 4.39 Å². The number of rotatable bonds is 2. The molecule has 0 bridgehead atoms. The van der Waals surface area contributed by atoms with E-state index in [4.69, 9.17) is 10.5 Å². The SMILES string of the molecule is Nc1ccc(Oc2cccc(F)c2)c2cnccc12. The molecule has 0 aliphatic rings. The van der Waals surface area contributed by atoms with Crippen molar-refractivity contribution in [3.63, 3.8) is 0 Å². The van der Waals surface area contributed by atoms with E-state index in [0.717, 1.165) is 10.8 Å². The van der Waals surface area contributed by atoms with Crippen LogP contribution < -0.4 is 10.5 Å². The summed E-state index contributed by atoms with van der Waals surface area (Å²) in [5.41, 5.74) is 6.56. The number of benzene rings is 2. The Morgan fingerprint density at radius 2 is 1.95 bits per heavy atom. The second-order valence-electron chi connectivity index (χ2n) is 4.13. The molecule has 0 atom stereocenters. The van der Waals surface area contributed by atoms with E-state index in [1.807, 2.05) is 6.07 Å². The first-order valence-corrected chi connectivity index (χ1v) is 5.80. The largest absolute Gasteiger partial charge is 0.457 e. The summed E-state index contributed by atoms with van der Waals surface area (Å²) >= 11 is 0. The molecule has 0 saturated heterocycles. The monoisotopic (exact) mass is 254 g/mol. The average molecular weight is 254 g/mol. The van der Waals surface area contributed by atoms with E-state index < -0.39 is 0 Å². The van der Waals surface area contributed by atoms with E-state index in [0.29, 0.717) is 17.2 Å². The van der Waals surface area contributed by atoms with Gasteiger partial charge in [-0.05, 0) is 30.3 Å². The van der Waals surface area contributed by atoms with Crippen molar-refractivity contribution in [1.29, 1.82) is 0 Å². The zero-order chi connectivity index (χ0) is 13.2. The van der Waals surface area contributed by atoms with Gasteiger partial charge < -0.3 is 10.5 Å². The Kier molecular flexibility index (Phi) is 2.76. The van der Waals surface area contributed by atoms with Crippen LogP contribution in [-0.4, -0.2) is 4.98 Å². The first-order chi connectivity index (χ1) is 9.24. The van der Waals surface area contributed by atoms with Gasteiger partial charge >= 0.3 is 0 Å². The molecule has 0 aliphatic heterocycles. The molecule has 0 unspecified atom stereocenters. The van der Waals surface area contributed by atoms with Gasteiger partial charge in [-0.15, -0.1) is 0 Å². The van der Waals surface area contributed by atoms with Gasteiger partial charge in [-0.1, -0.05) is 6.07 Å². The highest BCUT2D eigenvalue weighted by atomic mass is 19.1. The standard InChI is InChI=1S/C15H11FN2O/c16-10-2-1-3-11(8-10)19-15-5-4-14(17)12-6-7-18-9-13(12)15/h1-9H,17H2. The first-order valence-electron chi connectivity index (χ1n) is 5.80. The Bertz CT molecular complexity index is 743. The second kappa shape index (κ2) is 4.57. The normalized spacial score (nSPS) is 10.6. The molecule has 0 spiro atoms. The van der Waals surface area contributed by atoms with E-state index in [9.17, 15) is 4.39 Å². The fourth-order valence-corrected chi connectivity index (χ4v) is 1.93.